The summed E-state index contributed by atoms with van der Waals surface area (Å²) in [6.45, 7) is 2.15. The van der Waals surface area contributed by atoms with E-state index < -0.39 is 11.9 Å². The van der Waals surface area contributed by atoms with Gasteiger partial charge in [0, 0.05) is 24.9 Å². The molecule has 0 spiro atoms. The van der Waals surface area contributed by atoms with Crippen LogP contribution < -0.4 is 5.32 Å². The summed E-state index contributed by atoms with van der Waals surface area (Å²) in [5.41, 5.74) is 0.0912. The van der Waals surface area contributed by atoms with Crippen LogP contribution in [0.1, 0.15) is 21.7 Å². The molecule has 6 nitrogen and oxygen atoms in total. The maximum Gasteiger partial charge on any atom is 0.338 e. The average Bonchev–Trinajstić information content (AvgIpc) is 2.83. The van der Waals surface area contributed by atoms with Crippen molar-refractivity contribution in [3.63, 3.8) is 0 Å². The predicted octanol–water partition coefficient (Wildman–Crippen LogP) is 1.17. The van der Waals surface area contributed by atoms with Crippen LogP contribution in [0.5, 0.6) is 0 Å². The maximum atomic E-state index is 12.0. The second kappa shape index (κ2) is 5.00. The Morgan fingerprint density at radius 1 is 1.53 bits per heavy atom. The molecule has 2 rings (SSSR count). The van der Waals surface area contributed by atoms with Crippen molar-refractivity contribution < 1.29 is 19.5 Å². The van der Waals surface area contributed by atoms with E-state index in [1.165, 1.54) is 22.3 Å². The van der Waals surface area contributed by atoms with Crippen LogP contribution in [0, 0.1) is 12.8 Å². The minimum Gasteiger partial charge on any atom is -0.478 e. The van der Waals surface area contributed by atoms with Gasteiger partial charge in [0.05, 0.1) is 11.5 Å². The molecular formula is C12H14N2O4S. The number of likely N-dealkylation sites (tertiary alicyclic amines) is 1. The summed E-state index contributed by atoms with van der Waals surface area (Å²) in [5, 5.41) is 12.0. The first-order valence-electron chi connectivity index (χ1n) is 5.77. The molecule has 0 aromatic carbocycles. The van der Waals surface area contributed by atoms with Crippen LogP contribution in [0.4, 0.5) is 5.00 Å². The van der Waals surface area contributed by atoms with Crippen molar-refractivity contribution in [2.75, 3.05) is 18.9 Å². The Balaban J connectivity index is 2.11. The molecule has 1 unspecified atom stereocenters. The predicted molar refractivity (Wildman–Crippen MR) is 70.4 cm³/mol. The van der Waals surface area contributed by atoms with E-state index in [9.17, 15) is 14.4 Å². The van der Waals surface area contributed by atoms with Crippen molar-refractivity contribution in [3.05, 3.63) is 16.5 Å². The highest BCUT2D eigenvalue weighted by atomic mass is 32.1. The second-order valence-electron chi connectivity index (χ2n) is 4.57. The molecule has 0 radical (unpaired) electrons. The third-order valence-corrected chi connectivity index (χ3v) is 4.00. The number of nitrogens with one attached hydrogen (secondary N) is 1. The number of amides is 2. The Labute approximate surface area is 114 Å². The van der Waals surface area contributed by atoms with Crippen LogP contribution in [-0.4, -0.2) is 41.4 Å². The number of carbonyl (C=O) groups is 3. The van der Waals surface area contributed by atoms with Crippen molar-refractivity contribution in [3.8, 4) is 0 Å². The number of aromatic carboxylic acids is 1. The quantitative estimate of drug-likeness (QED) is 0.871. The first-order valence-corrected chi connectivity index (χ1v) is 6.58. The highest BCUT2D eigenvalue weighted by Gasteiger charge is 2.32. The summed E-state index contributed by atoms with van der Waals surface area (Å²) in [6, 6.07) is 1.52. The van der Waals surface area contributed by atoms with E-state index in [-0.39, 0.29) is 23.8 Å². The molecule has 0 bridgehead atoms. The third-order valence-electron chi connectivity index (χ3n) is 3.03. The molecule has 1 aromatic rings. The van der Waals surface area contributed by atoms with E-state index in [1.54, 1.807) is 14.0 Å². The lowest BCUT2D eigenvalue weighted by Crippen LogP contribution is -2.25. The van der Waals surface area contributed by atoms with Crippen LogP contribution in [0.2, 0.25) is 0 Å². The number of hydrogen-bond acceptors (Lipinski definition) is 4. The summed E-state index contributed by atoms with van der Waals surface area (Å²) in [4.78, 5) is 36.7. The Kier molecular flexibility index (Phi) is 3.57. The molecule has 19 heavy (non-hydrogen) atoms. The van der Waals surface area contributed by atoms with E-state index in [1.807, 2.05) is 0 Å². The number of carboxylic acid groups (broad SMARTS) is 1. The average molecular weight is 282 g/mol. The molecule has 2 heterocycles. The van der Waals surface area contributed by atoms with Crippen molar-refractivity contribution in [1.82, 2.24) is 4.90 Å². The fraction of sp³-hybridized carbons (Fsp3) is 0.417. The molecule has 1 atom stereocenters. The lowest BCUT2D eigenvalue weighted by atomic mass is 10.1. The van der Waals surface area contributed by atoms with Crippen molar-refractivity contribution in [2.45, 2.75) is 13.3 Å². The van der Waals surface area contributed by atoms with Gasteiger partial charge in [0.25, 0.3) is 0 Å². The van der Waals surface area contributed by atoms with Gasteiger partial charge in [-0.3, -0.25) is 9.59 Å². The molecule has 1 aromatic heterocycles. The van der Waals surface area contributed by atoms with E-state index >= 15 is 0 Å². The van der Waals surface area contributed by atoms with Crippen LogP contribution in [0.25, 0.3) is 0 Å². The summed E-state index contributed by atoms with van der Waals surface area (Å²) >= 11 is 1.22. The van der Waals surface area contributed by atoms with Crippen molar-refractivity contribution in [1.29, 1.82) is 0 Å². The Bertz CT molecular complexity index is 552. The van der Waals surface area contributed by atoms with Gasteiger partial charge in [-0.15, -0.1) is 11.3 Å². The number of hydrogen-bond donors (Lipinski definition) is 2. The molecule has 2 N–H and O–H groups in total. The van der Waals surface area contributed by atoms with Gasteiger partial charge >= 0.3 is 5.97 Å². The molecule has 1 aliphatic rings. The van der Waals surface area contributed by atoms with E-state index in [2.05, 4.69) is 5.32 Å². The van der Waals surface area contributed by atoms with E-state index in [4.69, 9.17) is 5.11 Å². The molecule has 0 aliphatic carbocycles. The number of rotatable bonds is 3. The Morgan fingerprint density at radius 2 is 2.21 bits per heavy atom. The standard InChI is InChI=1S/C12H14N2O4S/c1-6-3-8(12(17)18)11(19-6)13-10(16)7-4-9(15)14(2)5-7/h3,7H,4-5H2,1-2H3,(H,13,16)(H,17,18). The van der Waals surface area contributed by atoms with Crippen molar-refractivity contribution in [2.24, 2.45) is 5.92 Å². The van der Waals surface area contributed by atoms with Gasteiger partial charge in [-0.1, -0.05) is 0 Å². The lowest BCUT2D eigenvalue weighted by molar-refractivity contribution is -0.127. The summed E-state index contributed by atoms with van der Waals surface area (Å²) < 4.78 is 0. The van der Waals surface area contributed by atoms with Crippen LogP contribution >= 0.6 is 11.3 Å². The van der Waals surface area contributed by atoms with Crippen LogP contribution in [0.3, 0.4) is 0 Å². The summed E-state index contributed by atoms with van der Waals surface area (Å²) in [6.07, 6.45) is 0.176. The minimum atomic E-state index is -1.07. The van der Waals surface area contributed by atoms with Gasteiger partial charge in [0.15, 0.2) is 0 Å². The minimum absolute atomic E-state index is 0.0685. The number of carbonyl (C=O) groups excluding carboxylic acids is 2. The van der Waals surface area contributed by atoms with E-state index in [0.29, 0.717) is 11.5 Å². The normalized spacial score (nSPS) is 18.7. The Hall–Kier alpha value is -1.89. The zero-order valence-electron chi connectivity index (χ0n) is 10.6. The molecule has 1 fully saturated rings. The summed E-state index contributed by atoms with van der Waals surface area (Å²) in [5.74, 6) is -1.86. The fourth-order valence-electron chi connectivity index (χ4n) is 2.02. The Morgan fingerprint density at radius 3 is 2.74 bits per heavy atom. The number of nitrogens with zero attached hydrogens (tertiary/aromatic N) is 1. The highest BCUT2D eigenvalue weighted by molar-refractivity contribution is 7.16. The van der Waals surface area contributed by atoms with Gasteiger partial charge < -0.3 is 15.3 Å². The molecule has 1 aliphatic heterocycles. The second-order valence-corrected chi connectivity index (χ2v) is 5.83. The topological polar surface area (TPSA) is 86.7 Å². The molecule has 2 amide bonds. The van der Waals surface area contributed by atoms with Crippen LogP contribution in [0.15, 0.2) is 6.07 Å². The SMILES string of the molecule is Cc1cc(C(=O)O)c(NC(=O)C2CC(=O)N(C)C2)s1. The zero-order valence-corrected chi connectivity index (χ0v) is 11.4. The van der Waals surface area contributed by atoms with E-state index in [0.717, 1.165) is 4.88 Å². The number of aryl methyl sites for hydroxylation is 1. The number of carboxylic acids is 1. The molecule has 1 saturated heterocycles. The highest BCUT2D eigenvalue weighted by Crippen LogP contribution is 2.29. The van der Waals surface area contributed by atoms with Crippen molar-refractivity contribution >= 4 is 34.1 Å². The number of thiophene rings is 1. The monoisotopic (exact) mass is 282 g/mol. The van der Waals surface area contributed by atoms with Gasteiger partial charge in [-0.2, -0.15) is 0 Å². The summed E-state index contributed by atoms with van der Waals surface area (Å²) in [7, 11) is 1.65. The first-order chi connectivity index (χ1) is 8.88. The first kappa shape index (κ1) is 13.5. The molecule has 0 saturated carbocycles. The molecular weight excluding hydrogens is 268 g/mol. The van der Waals surface area contributed by atoms with Gasteiger partial charge in [-0.25, -0.2) is 4.79 Å². The maximum absolute atomic E-state index is 12.0. The number of anilines is 1. The fourth-order valence-corrected chi connectivity index (χ4v) is 2.93. The smallest absolute Gasteiger partial charge is 0.338 e. The zero-order chi connectivity index (χ0) is 14.2. The molecule has 7 heteroatoms. The van der Waals surface area contributed by atoms with Gasteiger partial charge in [0.2, 0.25) is 11.8 Å². The van der Waals surface area contributed by atoms with Gasteiger partial charge in [-0.05, 0) is 13.0 Å². The lowest BCUT2D eigenvalue weighted by Gasteiger charge is -2.10. The third kappa shape index (κ3) is 2.76. The van der Waals surface area contributed by atoms with Crippen LogP contribution in [-0.2, 0) is 9.59 Å². The molecule has 102 valence electrons. The van der Waals surface area contributed by atoms with Gasteiger partial charge in [0.1, 0.15) is 5.00 Å². The largest absolute Gasteiger partial charge is 0.478 e.